The van der Waals surface area contributed by atoms with Crippen LogP contribution >= 0.6 is 0 Å². The van der Waals surface area contributed by atoms with E-state index >= 15 is 0 Å². The van der Waals surface area contributed by atoms with Crippen LogP contribution in [0.3, 0.4) is 0 Å². The minimum Gasteiger partial charge on any atom is -0.508 e. The Morgan fingerprint density at radius 2 is 0.974 bits per heavy atom. The molecule has 220 valence electrons. The van der Waals surface area contributed by atoms with Gasteiger partial charge in [-0.05, 0) is 69.5 Å². The summed E-state index contributed by atoms with van der Waals surface area (Å²) in [5.74, 6) is 0.982. The van der Waals surface area contributed by atoms with Crippen LogP contribution in [-0.2, 0) is 25.4 Å². The largest absolute Gasteiger partial charge is 0.508 e. The zero-order chi connectivity index (χ0) is 28.7. The highest BCUT2D eigenvalue weighted by molar-refractivity contribution is 5.33. The molecule has 0 aliphatic heterocycles. The van der Waals surface area contributed by atoms with E-state index in [9.17, 15) is 20.4 Å². The number of hydrogen-bond donors (Lipinski definition) is 4. The number of benzene rings is 2. The summed E-state index contributed by atoms with van der Waals surface area (Å²) in [6, 6.07) is 15.0. The number of hydrogen-bond acceptors (Lipinski definition) is 9. The molecule has 0 fully saturated rings. The maximum Gasteiger partial charge on any atom is 0.119 e. The minimum atomic E-state index is -0.714. The van der Waals surface area contributed by atoms with Gasteiger partial charge in [-0.2, -0.15) is 0 Å². The van der Waals surface area contributed by atoms with E-state index in [1.165, 1.54) is 0 Å². The highest BCUT2D eigenvalue weighted by Crippen LogP contribution is 2.22. The van der Waals surface area contributed by atoms with Gasteiger partial charge in [0.25, 0.3) is 0 Å². The number of aromatic hydroxyl groups is 1. The second-order valence-electron chi connectivity index (χ2n) is 10.5. The van der Waals surface area contributed by atoms with Gasteiger partial charge in [0, 0.05) is 0 Å². The van der Waals surface area contributed by atoms with Crippen LogP contribution in [0, 0.1) is 5.41 Å². The average molecular weight is 551 g/mol. The lowest BCUT2D eigenvalue weighted by molar-refractivity contribution is -0.128. The van der Waals surface area contributed by atoms with Crippen LogP contribution in [0.1, 0.15) is 38.8 Å². The van der Waals surface area contributed by atoms with E-state index in [0.29, 0.717) is 6.61 Å². The van der Waals surface area contributed by atoms with Crippen LogP contribution in [-0.4, -0.2) is 97.7 Å². The lowest BCUT2D eigenvalue weighted by Gasteiger charge is -2.34. The zero-order valence-electron chi connectivity index (χ0n) is 23.6. The van der Waals surface area contributed by atoms with Gasteiger partial charge in [-0.25, -0.2) is 0 Å². The number of phenols is 1. The summed E-state index contributed by atoms with van der Waals surface area (Å²) in [6.45, 7) is 8.45. The molecule has 39 heavy (non-hydrogen) atoms. The summed E-state index contributed by atoms with van der Waals surface area (Å²) in [5, 5.41) is 38.3. The second-order valence-corrected chi connectivity index (χ2v) is 10.5. The summed E-state index contributed by atoms with van der Waals surface area (Å²) in [7, 11) is 0. The molecule has 0 amide bonds. The zero-order valence-corrected chi connectivity index (χ0v) is 23.6. The van der Waals surface area contributed by atoms with Crippen molar-refractivity contribution in [2.75, 3.05) is 52.9 Å². The molecule has 9 nitrogen and oxygen atoms in total. The first-order valence-corrected chi connectivity index (χ1v) is 13.5. The Balaban J connectivity index is 1.93. The van der Waals surface area contributed by atoms with E-state index in [1.54, 1.807) is 32.9 Å². The fourth-order valence-corrected chi connectivity index (χ4v) is 3.83. The van der Waals surface area contributed by atoms with Gasteiger partial charge in [0.2, 0.25) is 0 Å². The van der Waals surface area contributed by atoms with E-state index in [4.69, 9.17) is 23.7 Å². The van der Waals surface area contributed by atoms with Crippen molar-refractivity contribution in [1.82, 2.24) is 0 Å². The van der Waals surface area contributed by atoms with Crippen molar-refractivity contribution >= 4 is 0 Å². The monoisotopic (exact) mass is 550 g/mol. The smallest absolute Gasteiger partial charge is 0.119 e. The van der Waals surface area contributed by atoms with Crippen LogP contribution in [0.4, 0.5) is 0 Å². The van der Waals surface area contributed by atoms with Gasteiger partial charge in [-0.1, -0.05) is 24.3 Å². The second kappa shape index (κ2) is 17.5. The van der Waals surface area contributed by atoms with Crippen molar-refractivity contribution in [3.05, 3.63) is 59.7 Å². The van der Waals surface area contributed by atoms with E-state index in [1.807, 2.05) is 43.3 Å². The van der Waals surface area contributed by atoms with Crippen LogP contribution in [0.2, 0.25) is 0 Å². The molecule has 2 aromatic rings. The first-order chi connectivity index (χ1) is 18.6. The molecule has 0 bridgehead atoms. The molecule has 2 rings (SSSR count). The lowest BCUT2D eigenvalue weighted by atomic mass is 9.92. The first-order valence-electron chi connectivity index (χ1n) is 13.5. The predicted molar refractivity (Wildman–Crippen MR) is 148 cm³/mol. The Hall–Kier alpha value is -2.24. The van der Waals surface area contributed by atoms with E-state index < -0.39 is 23.7 Å². The van der Waals surface area contributed by atoms with Crippen molar-refractivity contribution < 1.29 is 44.1 Å². The maximum absolute atomic E-state index is 9.63. The van der Waals surface area contributed by atoms with Crippen LogP contribution in [0.5, 0.6) is 11.5 Å². The molecule has 2 aromatic carbocycles. The van der Waals surface area contributed by atoms with E-state index in [0.717, 1.165) is 23.3 Å². The third kappa shape index (κ3) is 14.1. The molecule has 0 spiro atoms. The van der Waals surface area contributed by atoms with Gasteiger partial charge in [0.1, 0.15) is 17.6 Å². The minimum absolute atomic E-state index is 0.150. The molecule has 9 heteroatoms. The normalized spacial score (nSPS) is 16.3. The van der Waals surface area contributed by atoms with Crippen LogP contribution in [0.15, 0.2) is 48.5 Å². The standard InChI is InChI=1S/C30H46O9/c1-22(31)14-35-18-30(19-36-15-23(2)32,20-37-16-24(3)33)21-38-17-25(4)39-29-11-7-27(8-12-29)13-26-5-9-28(34)10-6-26/h5-12,22-25,31-34H,13-21H2,1-4H3. The van der Waals surface area contributed by atoms with Crippen LogP contribution in [0.25, 0.3) is 0 Å². The summed E-state index contributed by atoms with van der Waals surface area (Å²) >= 11 is 0. The molecular weight excluding hydrogens is 504 g/mol. The summed E-state index contributed by atoms with van der Waals surface area (Å²) in [5.41, 5.74) is 1.53. The van der Waals surface area contributed by atoms with Gasteiger partial charge in [0.15, 0.2) is 0 Å². The number of aliphatic hydroxyl groups excluding tert-OH is 3. The third-order valence-corrected chi connectivity index (χ3v) is 5.67. The van der Waals surface area contributed by atoms with Crippen molar-refractivity contribution in [1.29, 1.82) is 0 Å². The Kier molecular flexibility index (Phi) is 14.8. The molecular formula is C30H46O9. The molecule has 0 heterocycles. The molecule has 0 radical (unpaired) electrons. The molecule has 0 saturated heterocycles. The SMILES string of the molecule is CC(O)COCC(COCC(C)O)(COCC(C)O)COCC(C)Oc1ccc(Cc2ccc(O)cc2)cc1. The molecule has 0 saturated carbocycles. The predicted octanol–water partition coefficient (Wildman–Crippen LogP) is 2.95. The van der Waals surface area contributed by atoms with E-state index in [2.05, 4.69) is 0 Å². The summed E-state index contributed by atoms with van der Waals surface area (Å²) < 4.78 is 29.3. The van der Waals surface area contributed by atoms with Crippen molar-refractivity contribution in [3.8, 4) is 11.5 Å². The Labute approximate surface area is 232 Å². The van der Waals surface area contributed by atoms with Gasteiger partial charge in [-0.3, -0.25) is 0 Å². The van der Waals surface area contributed by atoms with E-state index in [-0.39, 0.29) is 58.1 Å². The summed E-state index contributed by atoms with van der Waals surface area (Å²) in [6.07, 6.45) is -1.35. The van der Waals surface area contributed by atoms with Gasteiger partial charge < -0.3 is 44.1 Å². The van der Waals surface area contributed by atoms with Crippen molar-refractivity contribution in [2.24, 2.45) is 5.41 Å². The van der Waals surface area contributed by atoms with Crippen molar-refractivity contribution in [3.63, 3.8) is 0 Å². The first kappa shape index (κ1) is 33.0. The van der Waals surface area contributed by atoms with Crippen molar-refractivity contribution in [2.45, 2.75) is 58.5 Å². The number of rotatable bonds is 20. The fraction of sp³-hybridized carbons (Fsp3) is 0.600. The number of aliphatic hydroxyl groups is 3. The van der Waals surface area contributed by atoms with Gasteiger partial charge in [-0.15, -0.1) is 0 Å². The molecule has 0 aliphatic rings. The van der Waals surface area contributed by atoms with Gasteiger partial charge in [0.05, 0.1) is 76.6 Å². The van der Waals surface area contributed by atoms with Crippen LogP contribution < -0.4 is 4.74 Å². The maximum atomic E-state index is 9.63. The Morgan fingerprint density at radius 1 is 0.590 bits per heavy atom. The highest BCUT2D eigenvalue weighted by Gasteiger charge is 2.33. The lowest BCUT2D eigenvalue weighted by Crippen LogP contribution is -2.43. The Morgan fingerprint density at radius 3 is 1.38 bits per heavy atom. The van der Waals surface area contributed by atoms with Gasteiger partial charge >= 0.3 is 0 Å². The molecule has 0 aromatic heterocycles. The quantitative estimate of drug-likeness (QED) is 0.197. The molecule has 4 unspecified atom stereocenters. The third-order valence-electron chi connectivity index (χ3n) is 5.67. The Bertz CT molecular complexity index is 862. The summed E-state index contributed by atoms with van der Waals surface area (Å²) in [4.78, 5) is 0. The molecule has 4 N–H and O–H groups in total. The average Bonchev–Trinajstić information content (AvgIpc) is 2.86. The highest BCUT2D eigenvalue weighted by atomic mass is 16.5. The number of phenolic OH excluding ortho intramolecular Hbond substituents is 1. The number of ether oxygens (including phenoxy) is 5. The molecule has 4 atom stereocenters. The molecule has 0 aliphatic carbocycles. The fourth-order valence-electron chi connectivity index (χ4n) is 3.83. The topological polar surface area (TPSA) is 127 Å².